The molecular formula is C35H26F6N2O10. The Hall–Kier alpha value is -6.20. The Balaban J connectivity index is 0.000000200. The van der Waals surface area contributed by atoms with Crippen LogP contribution in [0.2, 0.25) is 0 Å². The SMILES string of the molecule is COC(=O)C1C2C=CC(C2)C1C(=O)O.Nc1ccc(N)cc1.O=C1OC(=O)c2cc(C(c3ccc4c(c3)C(=O)OC4=O)(C(F)(F)F)C(F)(F)F)ccc21. The Kier molecular flexibility index (Phi) is 9.86. The summed E-state index contributed by atoms with van der Waals surface area (Å²) in [5, 5.41) is 9.01. The van der Waals surface area contributed by atoms with Crippen molar-refractivity contribution in [2.24, 2.45) is 23.7 Å². The number of allylic oxidation sites excluding steroid dienone is 2. The van der Waals surface area contributed by atoms with Crippen LogP contribution < -0.4 is 11.5 Å². The van der Waals surface area contributed by atoms with E-state index in [1.807, 2.05) is 12.2 Å². The molecule has 0 radical (unpaired) electrons. The van der Waals surface area contributed by atoms with Gasteiger partial charge in [0.2, 0.25) is 5.41 Å². The smallest absolute Gasteiger partial charge is 0.411 e. The Morgan fingerprint density at radius 3 is 1.40 bits per heavy atom. The van der Waals surface area contributed by atoms with E-state index in [1.54, 1.807) is 24.3 Å². The highest BCUT2D eigenvalue weighted by Crippen LogP contribution is 2.57. The molecule has 53 heavy (non-hydrogen) atoms. The maximum Gasteiger partial charge on any atom is 0.411 e. The second-order valence-corrected chi connectivity index (χ2v) is 12.1. The molecule has 0 aromatic heterocycles. The van der Waals surface area contributed by atoms with Crippen molar-refractivity contribution in [1.82, 2.24) is 0 Å². The first kappa shape index (κ1) is 38.0. The molecule has 2 aliphatic heterocycles. The molecular weight excluding hydrogens is 722 g/mol. The fourth-order valence-corrected chi connectivity index (χ4v) is 6.73. The quantitative estimate of drug-likeness (QED) is 0.0782. The van der Waals surface area contributed by atoms with Crippen LogP contribution in [0.4, 0.5) is 37.7 Å². The third-order valence-corrected chi connectivity index (χ3v) is 9.16. The number of hydrogen-bond acceptors (Lipinski definition) is 11. The summed E-state index contributed by atoms with van der Waals surface area (Å²) in [5.74, 6) is -7.50. The lowest BCUT2D eigenvalue weighted by atomic mass is 9.71. The van der Waals surface area contributed by atoms with E-state index in [-0.39, 0.29) is 24.0 Å². The number of fused-ring (bicyclic) bond motifs is 4. The highest BCUT2D eigenvalue weighted by atomic mass is 19.4. The summed E-state index contributed by atoms with van der Waals surface area (Å²) in [6.07, 6.45) is -7.43. The molecule has 2 bridgehead atoms. The molecule has 0 amide bonds. The van der Waals surface area contributed by atoms with Crippen molar-refractivity contribution >= 4 is 47.2 Å². The molecule has 0 spiro atoms. The number of alkyl halides is 6. The molecule has 3 aromatic carbocycles. The number of carboxylic acid groups (broad SMARTS) is 1. The summed E-state index contributed by atoms with van der Waals surface area (Å²) in [4.78, 5) is 68.9. The molecule has 5 N–H and O–H groups in total. The van der Waals surface area contributed by atoms with Crippen molar-refractivity contribution < 1.29 is 74.4 Å². The third-order valence-electron chi connectivity index (χ3n) is 9.16. The molecule has 1 saturated carbocycles. The molecule has 7 rings (SSSR count). The van der Waals surface area contributed by atoms with Gasteiger partial charge in [-0.3, -0.25) is 9.59 Å². The molecule has 18 heteroatoms. The Bertz CT molecular complexity index is 1940. The number of methoxy groups -OCH3 is 1. The lowest BCUT2D eigenvalue weighted by Crippen LogP contribution is -2.55. The Morgan fingerprint density at radius 1 is 0.660 bits per heavy atom. The van der Waals surface area contributed by atoms with Gasteiger partial charge in [0.25, 0.3) is 0 Å². The van der Waals surface area contributed by atoms with Gasteiger partial charge in [-0.2, -0.15) is 26.3 Å². The zero-order valence-electron chi connectivity index (χ0n) is 27.0. The minimum Gasteiger partial charge on any atom is -0.481 e. The van der Waals surface area contributed by atoms with Crippen LogP contribution in [-0.4, -0.2) is 60.4 Å². The highest BCUT2D eigenvalue weighted by molar-refractivity contribution is 6.15. The van der Waals surface area contributed by atoms with E-state index in [0.717, 1.165) is 17.8 Å². The molecule has 2 aliphatic carbocycles. The van der Waals surface area contributed by atoms with E-state index in [9.17, 15) is 55.1 Å². The normalized spacial score (nSPS) is 21.0. The minimum absolute atomic E-state index is 0.0154. The number of rotatable bonds is 4. The number of carbonyl (C=O) groups excluding carboxylic acids is 5. The van der Waals surface area contributed by atoms with Crippen molar-refractivity contribution in [3.05, 3.63) is 106 Å². The van der Waals surface area contributed by atoms with E-state index >= 15 is 0 Å². The maximum absolute atomic E-state index is 14.2. The fourth-order valence-electron chi connectivity index (χ4n) is 6.73. The summed E-state index contributed by atoms with van der Waals surface area (Å²) in [6.45, 7) is 0. The van der Waals surface area contributed by atoms with Gasteiger partial charge in [-0.15, -0.1) is 0 Å². The van der Waals surface area contributed by atoms with Gasteiger partial charge in [0, 0.05) is 11.4 Å². The van der Waals surface area contributed by atoms with Gasteiger partial charge < -0.3 is 30.8 Å². The largest absolute Gasteiger partial charge is 0.481 e. The van der Waals surface area contributed by atoms with E-state index in [0.29, 0.717) is 24.3 Å². The second kappa shape index (κ2) is 13.7. The first-order valence-corrected chi connectivity index (χ1v) is 15.3. The van der Waals surface area contributed by atoms with Gasteiger partial charge in [0.15, 0.2) is 0 Å². The van der Waals surface area contributed by atoms with Crippen molar-refractivity contribution in [3.63, 3.8) is 0 Å². The summed E-state index contributed by atoms with van der Waals surface area (Å²) >= 11 is 0. The monoisotopic (exact) mass is 748 g/mol. The lowest BCUT2D eigenvalue weighted by Gasteiger charge is -2.38. The van der Waals surface area contributed by atoms with Crippen LogP contribution in [0.15, 0.2) is 72.8 Å². The van der Waals surface area contributed by atoms with Gasteiger partial charge in [-0.25, -0.2) is 19.2 Å². The number of nitrogen functional groups attached to an aromatic ring is 2. The summed E-state index contributed by atoms with van der Waals surface area (Å²) in [5.41, 5.74) is 2.15. The molecule has 2 heterocycles. The molecule has 4 atom stereocenters. The number of aliphatic carboxylic acids is 1. The average molecular weight is 749 g/mol. The van der Waals surface area contributed by atoms with Crippen LogP contribution in [0, 0.1) is 23.7 Å². The standard InChI is InChI=1S/C19H6F6O6.C10H12O4.C6H8N2/c20-18(21,22)17(19(23,24)25,7-1-3-9-11(5-7)15(28)30-13(9)26)8-2-4-10-12(6-8)16(29)31-14(10)27;1-14-10(13)8-6-3-2-5(4-6)7(8)9(11)12;7-5-1-2-6(8)4-3-5/h1-6H;2-3,5-8H,4H2,1H3,(H,11,12);1-4H,7-8H2. The zero-order valence-corrected chi connectivity index (χ0v) is 27.0. The summed E-state index contributed by atoms with van der Waals surface area (Å²) in [6, 6.07) is 9.69. The van der Waals surface area contributed by atoms with Crippen molar-refractivity contribution in [2.75, 3.05) is 18.6 Å². The topological polar surface area (TPSA) is 202 Å². The Morgan fingerprint density at radius 2 is 1.04 bits per heavy atom. The minimum atomic E-state index is -6.02. The maximum atomic E-state index is 14.2. The number of cyclic esters (lactones) is 4. The number of halogens is 6. The average Bonchev–Trinajstić information content (AvgIpc) is 3.84. The fraction of sp³-hybridized carbons (Fsp3) is 0.257. The van der Waals surface area contributed by atoms with Gasteiger partial charge in [-0.05, 0) is 77.9 Å². The predicted octanol–water partition coefficient (Wildman–Crippen LogP) is 5.25. The van der Waals surface area contributed by atoms with Crippen LogP contribution in [0.3, 0.4) is 0 Å². The number of benzene rings is 3. The van der Waals surface area contributed by atoms with Crippen molar-refractivity contribution in [3.8, 4) is 0 Å². The van der Waals surface area contributed by atoms with Gasteiger partial charge >= 0.3 is 48.2 Å². The van der Waals surface area contributed by atoms with E-state index in [1.165, 1.54) is 7.11 Å². The highest BCUT2D eigenvalue weighted by Gasteiger charge is 2.73. The van der Waals surface area contributed by atoms with E-state index in [4.69, 9.17) is 16.6 Å². The zero-order chi connectivity index (χ0) is 39.2. The van der Waals surface area contributed by atoms with E-state index < -0.39 is 98.8 Å². The molecule has 0 saturated heterocycles. The third kappa shape index (κ3) is 6.67. The van der Waals surface area contributed by atoms with Gasteiger partial charge in [-0.1, -0.05) is 24.3 Å². The number of anilines is 2. The molecule has 12 nitrogen and oxygen atoms in total. The number of carbonyl (C=O) groups is 6. The lowest BCUT2D eigenvalue weighted by molar-refractivity contribution is -0.288. The molecule has 4 aliphatic rings. The summed E-state index contributed by atoms with van der Waals surface area (Å²) in [7, 11) is 1.30. The molecule has 3 aromatic rings. The number of ether oxygens (including phenoxy) is 3. The predicted molar refractivity (Wildman–Crippen MR) is 168 cm³/mol. The molecule has 278 valence electrons. The second-order valence-electron chi connectivity index (χ2n) is 12.1. The molecule has 1 fully saturated rings. The van der Waals surface area contributed by atoms with Gasteiger partial charge in [0.1, 0.15) is 0 Å². The van der Waals surface area contributed by atoms with Gasteiger partial charge in [0.05, 0.1) is 41.2 Å². The van der Waals surface area contributed by atoms with Crippen LogP contribution >= 0.6 is 0 Å². The Labute approximate surface area is 294 Å². The first-order chi connectivity index (χ1) is 24.7. The number of hydrogen-bond donors (Lipinski definition) is 3. The van der Waals surface area contributed by atoms with Crippen LogP contribution in [0.25, 0.3) is 0 Å². The number of esters is 5. The van der Waals surface area contributed by atoms with E-state index in [2.05, 4.69) is 14.2 Å². The number of nitrogens with two attached hydrogens (primary N) is 2. The molecule has 4 unspecified atom stereocenters. The van der Waals surface area contributed by atoms with Crippen molar-refractivity contribution in [2.45, 2.75) is 24.2 Å². The van der Waals surface area contributed by atoms with Crippen LogP contribution in [0.5, 0.6) is 0 Å². The van der Waals surface area contributed by atoms with Crippen LogP contribution in [-0.2, 0) is 29.2 Å². The van der Waals surface area contributed by atoms with Crippen molar-refractivity contribution in [1.29, 1.82) is 0 Å². The number of carboxylic acids is 1. The summed E-state index contributed by atoms with van der Waals surface area (Å²) < 4.78 is 98.3. The first-order valence-electron chi connectivity index (χ1n) is 15.3. The van der Waals surface area contributed by atoms with Crippen LogP contribution in [0.1, 0.15) is 59.0 Å².